The molecule has 2 fully saturated rings. The first-order valence-electron chi connectivity index (χ1n) is 10.7. The highest BCUT2D eigenvalue weighted by molar-refractivity contribution is 6.06. The van der Waals surface area contributed by atoms with Gasteiger partial charge >= 0.3 is 0 Å². The van der Waals surface area contributed by atoms with Crippen molar-refractivity contribution in [2.75, 3.05) is 19.7 Å². The van der Waals surface area contributed by atoms with Gasteiger partial charge in [-0.05, 0) is 36.6 Å². The van der Waals surface area contributed by atoms with E-state index in [0.29, 0.717) is 24.6 Å². The molecule has 1 aliphatic carbocycles. The van der Waals surface area contributed by atoms with Crippen LogP contribution < -0.4 is 5.32 Å². The molecule has 3 aliphatic rings. The van der Waals surface area contributed by atoms with Crippen LogP contribution in [-0.2, 0) is 16.1 Å². The van der Waals surface area contributed by atoms with Crippen LogP contribution in [0.2, 0.25) is 0 Å². The number of hydrogen-bond acceptors (Lipinski definition) is 6. The molecule has 1 saturated carbocycles. The fourth-order valence-electron chi connectivity index (χ4n) is 4.56. The summed E-state index contributed by atoms with van der Waals surface area (Å²) in [6.45, 7) is 1.07. The van der Waals surface area contributed by atoms with Crippen LogP contribution in [0, 0.1) is 0 Å². The number of aliphatic hydroxyl groups is 1. The van der Waals surface area contributed by atoms with Crippen molar-refractivity contribution in [1.82, 2.24) is 15.1 Å². The minimum absolute atomic E-state index is 0.0573. The van der Waals surface area contributed by atoms with Crippen molar-refractivity contribution < 1.29 is 19.5 Å². The van der Waals surface area contributed by atoms with E-state index < -0.39 is 0 Å². The molecular formula is C22H28N4O4. The smallest absolute Gasteiger partial charge is 0.246 e. The minimum atomic E-state index is -0.0817. The Labute approximate surface area is 175 Å². The first kappa shape index (κ1) is 20.5. The van der Waals surface area contributed by atoms with Crippen LogP contribution in [-0.4, -0.2) is 64.2 Å². The highest BCUT2D eigenvalue weighted by Crippen LogP contribution is 2.29. The average molecular weight is 412 g/mol. The zero-order chi connectivity index (χ0) is 21.1. The molecule has 2 amide bonds. The molecule has 30 heavy (non-hydrogen) atoms. The zero-order valence-electron chi connectivity index (χ0n) is 17.1. The number of carbonyl (C=O) groups is 3. The third-order valence-electron chi connectivity index (χ3n) is 6.12. The van der Waals surface area contributed by atoms with Gasteiger partial charge in [0.1, 0.15) is 6.54 Å². The van der Waals surface area contributed by atoms with Crippen LogP contribution in [0.25, 0.3) is 0 Å². The summed E-state index contributed by atoms with van der Waals surface area (Å²) in [5.41, 5.74) is 2.21. The Morgan fingerprint density at radius 3 is 2.73 bits per heavy atom. The average Bonchev–Trinajstić information content (AvgIpc) is 3.12. The van der Waals surface area contributed by atoms with E-state index in [-0.39, 0.29) is 49.6 Å². The molecule has 0 spiro atoms. The fourth-order valence-corrected chi connectivity index (χ4v) is 4.56. The van der Waals surface area contributed by atoms with Gasteiger partial charge in [0.25, 0.3) is 0 Å². The molecule has 0 bridgehead atoms. The molecule has 0 atom stereocenters. The molecule has 1 saturated heterocycles. The Morgan fingerprint density at radius 2 is 1.97 bits per heavy atom. The Bertz CT molecular complexity index is 876. The summed E-state index contributed by atoms with van der Waals surface area (Å²) in [5, 5.41) is 12.1. The third kappa shape index (κ3) is 4.38. The number of fused-ring (bicyclic) bond motifs is 2. The van der Waals surface area contributed by atoms with Gasteiger partial charge < -0.3 is 14.9 Å². The number of ketones is 1. The summed E-state index contributed by atoms with van der Waals surface area (Å²) >= 11 is 0. The number of nitrogens with one attached hydrogen (secondary N) is 1. The second-order valence-electron chi connectivity index (χ2n) is 8.21. The summed E-state index contributed by atoms with van der Waals surface area (Å²) in [6, 6.07) is 5.52. The number of rotatable bonds is 7. The molecule has 160 valence electrons. The standard InChI is InChI=1S/C22H28N4O4/c27-11-10-26(17-4-2-1-3-5-17)21(30)9-8-19(28)15-6-7-18-16(12-15)13-25-14-20(29)24-22(25)23-18/h6-7,12,17,27H,1-5,8-11,13-14H2,(H,23,24,29). The minimum Gasteiger partial charge on any atom is -0.395 e. The number of guanidine groups is 1. The van der Waals surface area contributed by atoms with Gasteiger partial charge in [-0.25, -0.2) is 4.99 Å². The highest BCUT2D eigenvalue weighted by atomic mass is 16.3. The number of aliphatic imine (C=N–C) groups is 1. The molecule has 4 rings (SSSR count). The molecule has 0 aromatic heterocycles. The Kier molecular flexibility index (Phi) is 6.13. The molecule has 2 heterocycles. The molecule has 1 aromatic rings. The van der Waals surface area contributed by atoms with Crippen LogP contribution in [0.4, 0.5) is 5.69 Å². The molecule has 8 heteroatoms. The van der Waals surface area contributed by atoms with Crippen molar-refractivity contribution >= 4 is 29.2 Å². The highest BCUT2D eigenvalue weighted by Gasteiger charge is 2.29. The zero-order valence-corrected chi connectivity index (χ0v) is 17.1. The van der Waals surface area contributed by atoms with Crippen molar-refractivity contribution in [2.24, 2.45) is 4.99 Å². The number of Topliss-reactive ketones (excluding diaryl/α,β-unsaturated/α-hetero) is 1. The predicted molar refractivity (Wildman–Crippen MR) is 111 cm³/mol. The van der Waals surface area contributed by atoms with Gasteiger partial charge in [0.15, 0.2) is 5.78 Å². The van der Waals surface area contributed by atoms with Crippen molar-refractivity contribution in [3.05, 3.63) is 29.3 Å². The van der Waals surface area contributed by atoms with E-state index in [9.17, 15) is 19.5 Å². The molecule has 0 unspecified atom stereocenters. The number of amides is 2. The van der Waals surface area contributed by atoms with Gasteiger partial charge in [0.2, 0.25) is 17.8 Å². The van der Waals surface area contributed by atoms with Gasteiger partial charge in [-0.1, -0.05) is 19.3 Å². The van der Waals surface area contributed by atoms with Gasteiger partial charge in [-0.15, -0.1) is 0 Å². The lowest BCUT2D eigenvalue weighted by atomic mass is 9.93. The van der Waals surface area contributed by atoms with E-state index in [2.05, 4.69) is 10.3 Å². The lowest BCUT2D eigenvalue weighted by Crippen LogP contribution is -2.43. The Balaban J connectivity index is 1.38. The quantitative estimate of drug-likeness (QED) is 0.664. The number of hydrogen-bond donors (Lipinski definition) is 2. The third-order valence-corrected chi connectivity index (χ3v) is 6.12. The van der Waals surface area contributed by atoms with Gasteiger partial charge in [-0.3, -0.25) is 19.7 Å². The SMILES string of the molecule is O=C1CN2Cc3cc(C(=O)CCC(=O)N(CCO)C4CCCCC4)ccc3N=C2N1. The number of aliphatic hydroxyl groups excluding tert-OH is 1. The summed E-state index contributed by atoms with van der Waals surface area (Å²) in [7, 11) is 0. The Hall–Kier alpha value is -2.74. The van der Waals surface area contributed by atoms with E-state index in [0.717, 1.165) is 36.9 Å². The lowest BCUT2D eigenvalue weighted by Gasteiger charge is -2.34. The largest absolute Gasteiger partial charge is 0.395 e. The number of benzene rings is 1. The van der Waals surface area contributed by atoms with Crippen molar-refractivity contribution in [3.63, 3.8) is 0 Å². The van der Waals surface area contributed by atoms with Crippen LogP contribution in [0.1, 0.15) is 60.9 Å². The second kappa shape index (κ2) is 8.95. The topological polar surface area (TPSA) is 102 Å². The normalized spacial score (nSPS) is 18.4. The van der Waals surface area contributed by atoms with Gasteiger partial charge in [0, 0.05) is 37.5 Å². The molecule has 2 aliphatic heterocycles. The lowest BCUT2D eigenvalue weighted by molar-refractivity contribution is -0.134. The first-order chi connectivity index (χ1) is 14.5. The van der Waals surface area contributed by atoms with E-state index in [1.807, 2.05) is 11.0 Å². The van der Waals surface area contributed by atoms with Crippen molar-refractivity contribution in [1.29, 1.82) is 0 Å². The maximum absolute atomic E-state index is 12.8. The summed E-state index contributed by atoms with van der Waals surface area (Å²) in [5.74, 6) is 0.341. The number of nitrogens with zero attached hydrogens (tertiary/aromatic N) is 3. The van der Waals surface area contributed by atoms with Crippen molar-refractivity contribution in [3.8, 4) is 0 Å². The van der Waals surface area contributed by atoms with Crippen LogP contribution >= 0.6 is 0 Å². The van der Waals surface area contributed by atoms with Gasteiger partial charge in [0.05, 0.1) is 12.3 Å². The molecule has 8 nitrogen and oxygen atoms in total. The van der Waals surface area contributed by atoms with E-state index in [1.165, 1.54) is 6.42 Å². The van der Waals surface area contributed by atoms with Gasteiger partial charge in [-0.2, -0.15) is 0 Å². The maximum Gasteiger partial charge on any atom is 0.246 e. The predicted octanol–water partition coefficient (Wildman–Crippen LogP) is 1.74. The summed E-state index contributed by atoms with van der Waals surface area (Å²) in [6.07, 6.45) is 5.65. The van der Waals surface area contributed by atoms with E-state index >= 15 is 0 Å². The van der Waals surface area contributed by atoms with Crippen molar-refractivity contribution in [2.45, 2.75) is 57.5 Å². The second-order valence-corrected chi connectivity index (χ2v) is 8.21. The van der Waals surface area contributed by atoms with E-state index in [1.54, 1.807) is 17.0 Å². The van der Waals surface area contributed by atoms with Crippen LogP contribution in [0.15, 0.2) is 23.2 Å². The monoisotopic (exact) mass is 412 g/mol. The molecule has 0 radical (unpaired) electrons. The summed E-state index contributed by atoms with van der Waals surface area (Å²) in [4.78, 5) is 45.1. The molecule has 2 N–H and O–H groups in total. The summed E-state index contributed by atoms with van der Waals surface area (Å²) < 4.78 is 0. The van der Waals surface area contributed by atoms with Crippen LogP contribution in [0.5, 0.6) is 0 Å². The maximum atomic E-state index is 12.8. The first-order valence-corrected chi connectivity index (χ1v) is 10.7. The molecular weight excluding hydrogens is 384 g/mol. The fraction of sp³-hybridized carbons (Fsp3) is 0.545. The van der Waals surface area contributed by atoms with Crippen LogP contribution in [0.3, 0.4) is 0 Å². The van der Waals surface area contributed by atoms with E-state index in [4.69, 9.17) is 0 Å². The Morgan fingerprint density at radius 1 is 1.17 bits per heavy atom. The number of carbonyl (C=O) groups excluding carboxylic acids is 3. The molecule has 1 aromatic carbocycles.